The average molecular weight is 395 g/mol. The van der Waals surface area contributed by atoms with Crippen molar-refractivity contribution in [2.75, 3.05) is 18.8 Å². The van der Waals surface area contributed by atoms with Crippen LogP contribution in [0.2, 0.25) is 0 Å². The Kier molecular flexibility index (Phi) is 5.09. The number of piperidine rings is 1. The Morgan fingerprint density at radius 2 is 2.21 bits per heavy atom. The zero-order valence-corrected chi connectivity index (χ0v) is 15.6. The van der Waals surface area contributed by atoms with Gasteiger partial charge in [0.1, 0.15) is 5.69 Å². The van der Waals surface area contributed by atoms with Gasteiger partial charge in [0.25, 0.3) is 0 Å². The smallest absolute Gasteiger partial charge is 0.407 e. The summed E-state index contributed by atoms with van der Waals surface area (Å²) in [5.41, 5.74) is 8.56. The van der Waals surface area contributed by atoms with Crippen molar-refractivity contribution in [2.45, 2.75) is 25.4 Å². The van der Waals surface area contributed by atoms with Crippen molar-refractivity contribution in [2.24, 2.45) is 0 Å². The number of carbonyl (C=O) groups is 1. The lowest BCUT2D eigenvalue weighted by Crippen LogP contribution is -2.38. The second kappa shape index (κ2) is 7.84. The van der Waals surface area contributed by atoms with Crippen molar-refractivity contribution in [3.63, 3.8) is 0 Å². The number of aliphatic hydroxyl groups is 1. The molecule has 29 heavy (non-hydrogen) atoms. The molecule has 5 N–H and O–H groups in total. The van der Waals surface area contributed by atoms with E-state index in [-0.39, 0.29) is 18.3 Å². The third kappa shape index (κ3) is 3.87. The number of nitrogen functional groups attached to an aromatic ring is 1. The maximum atomic E-state index is 11.2. The van der Waals surface area contributed by atoms with E-state index in [0.717, 1.165) is 24.0 Å². The highest BCUT2D eigenvalue weighted by Gasteiger charge is 2.27. The highest BCUT2D eigenvalue weighted by atomic mass is 16.4. The van der Waals surface area contributed by atoms with Crippen molar-refractivity contribution in [3.05, 3.63) is 41.9 Å². The Balaban J connectivity index is 1.63. The van der Waals surface area contributed by atoms with E-state index in [4.69, 9.17) is 5.73 Å². The Labute approximate surface area is 166 Å². The number of likely N-dealkylation sites (tertiary alicyclic amines) is 1. The summed E-state index contributed by atoms with van der Waals surface area (Å²) in [6.45, 7) is 0.821. The van der Waals surface area contributed by atoms with Crippen LogP contribution >= 0.6 is 0 Å². The fourth-order valence-electron chi connectivity index (χ4n) is 3.47. The predicted octanol–water partition coefficient (Wildman–Crippen LogP) is 1.86. The van der Waals surface area contributed by atoms with Crippen LogP contribution in [0, 0.1) is 0 Å². The van der Waals surface area contributed by atoms with Gasteiger partial charge in [-0.25, -0.2) is 19.7 Å². The monoisotopic (exact) mass is 395 g/mol. The largest absolute Gasteiger partial charge is 0.465 e. The van der Waals surface area contributed by atoms with Gasteiger partial charge < -0.3 is 20.8 Å². The highest BCUT2D eigenvalue weighted by Crippen LogP contribution is 2.28. The molecule has 3 aromatic rings. The van der Waals surface area contributed by atoms with E-state index in [1.807, 2.05) is 24.3 Å². The second-order valence-corrected chi connectivity index (χ2v) is 6.96. The second-order valence-electron chi connectivity index (χ2n) is 6.96. The van der Waals surface area contributed by atoms with Crippen LogP contribution in [0.15, 0.2) is 30.5 Å². The van der Waals surface area contributed by atoms with Crippen LogP contribution in [0.3, 0.4) is 0 Å². The topological polar surface area (TPSA) is 154 Å². The van der Waals surface area contributed by atoms with Crippen molar-refractivity contribution in [3.8, 4) is 22.8 Å². The summed E-state index contributed by atoms with van der Waals surface area (Å²) in [6.07, 6.45) is 2.21. The Morgan fingerprint density at radius 1 is 1.34 bits per heavy atom. The van der Waals surface area contributed by atoms with Gasteiger partial charge in [-0.05, 0) is 24.5 Å². The first-order chi connectivity index (χ1) is 14.0. The molecule has 0 spiro atoms. The molecular weight excluding hydrogens is 374 g/mol. The lowest BCUT2D eigenvalue weighted by molar-refractivity contribution is 0.129. The quantitative estimate of drug-likeness (QED) is 0.522. The van der Waals surface area contributed by atoms with E-state index in [9.17, 15) is 15.0 Å². The normalized spacial score (nSPS) is 16.7. The molecule has 10 heteroatoms. The molecule has 1 fully saturated rings. The van der Waals surface area contributed by atoms with Crippen molar-refractivity contribution < 1.29 is 15.0 Å². The van der Waals surface area contributed by atoms with Gasteiger partial charge in [-0.15, -0.1) is 0 Å². The van der Waals surface area contributed by atoms with E-state index >= 15 is 0 Å². The molecule has 1 aliphatic rings. The summed E-state index contributed by atoms with van der Waals surface area (Å²) < 4.78 is 0. The Bertz CT molecular complexity index is 1040. The van der Waals surface area contributed by atoms with Gasteiger partial charge >= 0.3 is 6.09 Å². The number of benzene rings is 1. The van der Waals surface area contributed by atoms with Crippen molar-refractivity contribution in [1.82, 2.24) is 30.0 Å². The number of anilines is 1. The number of hydrogen-bond acceptors (Lipinski definition) is 7. The molecule has 1 aromatic carbocycles. The van der Waals surface area contributed by atoms with Gasteiger partial charge in [0, 0.05) is 24.6 Å². The number of nitrogens with two attached hydrogens (primary N) is 1. The molecule has 0 saturated carbocycles. The van der Waals surface area contributed by atoms with Crippen LogP contribution in [0.4, 0.5) is 10.6 Å². The van der Waals surface area contributed by atoms with Gasteiger partial charge in [0.05, 0.1) is 18.5 Å². The number of hydrogen-bond donors (Lipinski definition) is 4. The van der Waals surface area contributed by atoms with Gasteiger partial charge in [-0.3, -0.25) is 5.10 Å². The van der Waals surface area contributed by atoms with E-state index in [1.54, 1.807) is 6.20 Å². The number of carboxylic acid groups (broad SMARTS) is 1. The summed E-state index contributed by atoms with van der Waals surface area (Å²) in [7, 11) is 0. The van der Waals surface area contributed by atoms with Gasteiger partial charge in [-0.1, -0.05) is 18.2 Å². The van der Waals surface area contributed by atoms with Crippen molar-refractivity contribution >= 4 is 11.9 Å². The molecular formula is C19H21N7O3. The van der Waals surface area contributed by atoms with Gasteiger partial charge in [0.15, 0.2) is 17.5 Å². The predicted molar refractivity (Wildman–Crippen MR) is 105 cm³/mol. The first-order valence-corrected chi connectivity index (χ1v) is 9.28. The molecule has 1 saturated heterocycles. The fourth-order valence-corrected chi connectivity index (χ4v) is 3.47. The van der Waals surface area contributed by atoms with E-state index in [1.165, 1.54) is 4.90 Å². The van der Waals surface area contributed by atoms with Crippen LogP contribution in [-0.4, -0.2) is 59.4 Å². The average Bonchev–Trinajstić information content (AvgIpc) is 3.24. The molecule has 2 aromatic heterocycles. The lowest BCUT2D eigenvalue weighted by Gasteiger charge is -2.28. The summed E-state index contributed by atoms with van der Waals surface area (Å²) in [4.78, 5) is 26.0. The molecule has 150 valence electrons. The number of H-pyrrole nitrogens is 1. The van der Waals surface area contributed by atoms with Gasteiger partial charge in [-0.2, -0.15) is 5.10 Å². The molecule has 4 rings (SSSR count). The molecule has 0 unspecified atom stereocenters. The third-order valence-corrected chi connectivity index (χ3v) is 4.99. The number of aromatic amines is 1. The molecule has 0 bridgehead atoms. The van der Waals surface area contributed by atoms with E-state index in [0.29, 0.717) is 36.1 Å². The summed E-state index contributed by atoms with van der Waals surface area (Å²) in [5, 5.41) is 25.7. The van der Waals surface area contributed by atoms with E-state index < -0.39 is 6.09 Å². The number of amides is 1. The molecule has 1 aliphatic heterocycles. The highest BCUT2D eigenvalue weighted by molar-refractivity contribution is 5.69. The van der Waals surface area contributed by atoms with E-state index in [2.05, 4.69) is 25.1 Å². The zero-order chi connectivity index (χ0) is 20.4. The van der Waals surface area contributed by atoms with Crippen LogP contribution in [0.25, 0.3) is 22.8 Å². The fraction of sp³-hybridized carbons (Fsp3) is 0.316. The number of rotatable bonds is 4. The third-order valence-electron chi connectivity index (χ3n) is 4.99. The standard InChI is InChI=1S/C19H21N7O3/c20-16-15(22-14(8-21-16)12-4-1-3-11(7-12)10-27)18-23-17(24-25-18)13-5-2-6-26(9-13)19(28)29/h1,3-4,7-8,13,27H,2,5-6,9-10H2,(H2,20,21)(H,28,29)(H,23,24,25)/t13-/m1/s1. The maximum Gasteiger partial charge on any atom is 0.407 e. The molecule has 1 atom stereocenters. The molecule has 10 nitrogen and oxygen atoms in total. The Hall–Kier alpha value is -3.53. The minimum Gasteiger partial charge on any atom is -0.465 e. The molecule has 0 radical (unpaired) electrons. The van der Waals surface area contributed by atoms with Crippen molar-refractivity contribution in [1.29, 1.82) is 0 Å². The summed E-state index contributed by atoms with van der Waals surface area (Å²) in [5.74, 6) is 1.06. The lowest BCUT2D eigenvalue weighted by atomic mass is 9.98. The summed E-state index contributed by atoms with van der Waals surface area (Å²) in [6, 6.07) is 7.36. The maximum absolute atomic E-state index is 11.2. The number of aromatic nitrogens is 5. The van der Waals surface area contributed by atoms with Crippen LogP contribution < -0.4 is 5.73 Å². The van der Waals surface area contributed by atoms with Crippen LogP contribution in [0.5, 0.6) is 0 Å². The number of nitrogens with zero attached hydrogens (tertiary/aromatic N) is 5. The van der Waals surface area contributed by atoms with Crippen LogP contribution in [-0.2, 0) is 6.61 Å². The minimum absolute atomic E-state index is 0.0662. The zero-order valence-electron chi connectivity index (χ0n) is 15.6. The minimum atomic E-state index is -0.932. The Morgan fingerprint density at radius 3 is 3.00 bits per heavy atom. The molecule has 1 amide bonds. The number of aliphatic hydroxyl groups excluding tert-OH is 1. The molecule has 3 heterocycles. The number of nitrogens with one attached hydrogen (secondary N) is 1. The summed E-state index contributed by atoms with van der Waals surface area (Å²) >= 11 is 0. The first kappa shape index (κ1) is 18.8. The van der Waals surface area contributed by atoms with Crippen LogP contribution in [0.1, 0.15) is 30.1 Å². The van der Waals surface area contributed by atoms with Gasteiger partial charge in [0.2, 0.25) is 0 Å². The first-order valence-electron chi connectivity index (χ1n) is 9.28. The SMILES string of the molecule is Nc1ncc(-c2cccc(CO)c2)nc1-c1nc([C@@H]2CCCN(C(=O)O)C2)n[nH]1. The molecule has 0 aliphatic carbocycles.